The summed E-state index contributed by atoms with van der Waals surface area (Å²) in [6.07, 6.45) is 1.06. The molecule has 0 saturated carbocycles. The SMILES string of the molecule is Cc1ccc(NC(=O)CCc2c(C)nc3c(c(C)nn3-c3ccccc3)c2C)c(C)c1. The second-order valence-electron chi connectivity index (χ2n) is 8.20. The predicted molar refractivity (Wildman–Crippen MR) is 126 cm³/mol. The van der Waals surface area contributed by atoms with E-state index in [2.05, 4.69) is 25.2 Å². The van der Waals surface area contributed by atoms with Crippen molar-refractivity contribution < 1.29 is 4.79 Å². The van der Waals surface area contributed by atoms with Crippen molar-refractivity contribution in [2.24, 2.45) is 0 Å². The van der Waals surface area contributed by atoms with E-state index in [4.69, 9.17) is 10.1 Å². The minimum absolute atomic E-state index is 0.0163. The number of nitrogens with zero attached hydrogens (tertiary/aromatic N) is 3. The summed E-state index contributed by atoms with van der Waals surface area (Å²) in [7, 11) is 0. The van der Waals surface area contributed by atoms with Gasteiger partial charge in [-0.3, -0.25) is 4.79 Å². The molecule has 0 aliphatic carbocycles. The van der Waals surface area contributed by atoms with Crippen LogP contribution in [0.3, 0.4) is 0 Å². The maximum atomic E-state index is 12.6. The number of benzene rings is 2. The number of amides is 1. The molecule has 0 unspecified atom stereocenters. The summed E-state index contributed by atoms with van der Waals surface area (Å²) >= 11 is 0. The number of rotatable bonds is 5. The molecule has 0 saturated heterocycles. The maximum Gasteiger partial charge on any atom is 0.224 e. The highest BCUT2D eigenvalue weighted by Crippen LogP contribution is 2.28. The lowest BCUT2D eigenvalue weighted by Gasteiger charge is -2.13. The zero-order valence-electron chi connectivity index (χ0n) is 18.8. The van der Waals surface area contributed by atoms with E-state index in [0.717, 1.165) is 50.5 Å². The van der Waals surface area contributed by atoms with E-state index in [0.29, 0.717) is 12.8 Å². The number of fused-ring (bicyclic) bond motifs is 1. The number of carbonyl (C=O) groups is 1. The first-order valence-electron chi connectivity index (χ1n) is 10.6. The van der Waals surface area contributed by atoms with Gasteiger partial charge in [0.25, 0.3) is 0 Å². The van der Waals surface area contributed by atoms with Crippen LogP contribution in [0.25, 0.3) is 16.7 Å². The first-order chi connectivity index (χ1) is 14.8. The molecule has 2 heterocycles. The molecule has 0 spiro atoms. The van der Waals surface area contributed by atoms with Crippen molar-refractivity contribution in [3.05, 3.63) is 82.2 Å². The van der Waals surface area contributed by atoms with Gasteiger partial charge in [-0.25, -0.2) is 9.67 Å². The number of hydrogen-bond donors (Lipinski definition) is 1. The first kappa shape index (κ1) is 20.8. The molecule has 2 aromatic heterocycles. The summed E-state index contributed by atoms with van der Waals surface area (Å²) in [6, 6.07) is 16.1. The van der Waals surface area contributed by atoms with Crippen LogP contribution in [0.5, 0.6) is 0 Å². The van der Waals surface area contributed by atoms with Gasteiger partial charge < -0.3 is 5.32 Å². The van der Waals surface area contributed by atoms with Crippen LogP contribution in [0.1, 0.15) is 40.1 Å². The highest BCUT2D eigenvalue weighted by atomic mass is 16.1. The second-order valence-corrected chi connectivity index (χ2v) is 8.20. The number of hydrogen-bond acceptors (Lipinski definition) is 3. The topological polar surface area (TPSA) is 59.8 Å². The lowest BCUT2D eigenvalue weighted by molar-refractivity contribution is -0.116. The fourth-order valence-electron chi connectivity index (χ4n) is 4.23. The average molecular weight is 413 g/mol. The molecule has 0 aliphatic rings. The zero-order chi connectivity index (χ0) is 22.1. The molecule has 31 heavy (non-hydrogen) atoms. The Bertz CT molecular complexity index is 1270. The van der Waals surface area contributed by atoms with Crippen LogP contribution in [0.4, 0.5) is 5.69 Å². The minimum Gasteiger partial charge on any atom is -0.326 e. The average Bonchev–Trinajstić information content (AvgIpc) is 3.07. The highest BCUT2D eigenvalue weighted by Gasteiger charge is 2.18. The number of anilines is 1. The number of nitrogens with one attached hydrogen (secondary N) is 1. The van der Waals surface area contributed by atoms with Gasteiger partial charge in [0.1, 0.15) is 0 Å². The van der Waals surface area contributed by atoms with Crippen molar-refractivity contribution >= 4 is 22.6 Å². The van der Waals surface area contributed by atoms with Crippen LogP contribution in [-0.4, -0.2) is 20.7 Å². The molecule has 5 nitrogen and oxygen atoms in total. The van der Waals surface area contributed by atoms with Crippen LogP contribution < -0.4 is 5.32 Å². The normalized spacial score (nSPS) is 11.1. The molecule has 0 radical (unpaired) electrons. The van der Waals surface area contributed by atoms with E-state index in [1.54, 1.807) is 0 Å². The van der Waals surface area contributed by atoms with Gasteiger partial charge in [-0.2, -0.15) is 5.10 Å². The Kier molecular flexibility index (Phi) is 5.59. The molecule has 158 valence electrons. The van der Waals surface area contributed by atoms with Gasteiger partial charge in [0.2, 0.25) is 5.91 Å². The molecule has 4 aromatic rings. The third-order valence-corrected chi connectivity index (χ3v) is 5.83. The van der Waals surface area contributed by atoms with Gasteiger partial charge in [-0.15, -0.1) is 0 Å². The lowest BCUT2D eigenvalue weighted by atomic mass is 9.99. The summed E-state index contributed by atoms with van der Waals surface area (Å²) in [5.41, 5.74) is 9.17. The van der Waals surface area contributed by atoms with Crippen LogP contribution in [-0.2, 0) is 11.2 Å². The summed E-state index contributed by atoms with van der Waals surface area (Å²) in [6.45, 7) is 10.2. The smallest absolute Gasteiger partial charge is 0.224 e. The van der Waals surface area contributed by atoms with Gasteiger partial charge >= 0.3 is 0 Å². The van der Waals surface area contributed by atoms with Crippen LogP contribution in [0.2, 0.25) is 0 Å². The van der Waals surface area contributed by atoms with Crippen molar-refractivity contribution in [3.63, 3.8) is 0 Å². The first-order valence-corrected chi connectivity index (χ1v) is 10.6. The fourth-order valence-corrected chi connectivity index (χ4v) is 4.23. The third kappa shape index (κ3) is 4.08. The van der Waals surface area contributed by atoms with Crippen LogP contribution in [0, 0.1) is 34.6 Å². The Balaban J connectivity index is 1.60. The second kappa shape index (κ2) is 8.34. The van der Waals surface area contributed by atoms with Crippen molar-refractivity contribution in [2.75, 3.05) is 5.32 Å². The molecule has 0 atom stereocenters. The van der Waals surface area contributed by atoms with Gasteiger partial charge in [0, 0.05) is 23.2 Å². The van der Waals surface area contributed by atoms with E-state index in [-0.39, 0.29) is 5.91 Å². The zero-order valence-corrected chi connectivity index (χ0v) is 18.8. The minimum atomic E-state index is 0.0163. The third-order valence-electron chi connectivity index (χ3n) is 5.83. The molecule has 0 bridgehead atoms. The van der Waals surface area contributed by atoms with Crippen molar-refractivity contribution in [2.45, 2.75) is 47.5 Å². The molecular weight excluding hydrogens is 384 g/mol. The van der Waals surface area contributed by atoms with Gasteiger partial charge in [0.05, 0.1) is 11.4 Å². The van der Waals surface area contributed by atoms with Crippen molar-refractivity contribution in [3.8, 4) is 5.69 Å². The fraction of sp³-hybridized carbons (Fsp3) is 0.269. The van der Waals surface area contributed by atoms with Gasteiger partial charge in [0.15, 0.2) is 5.65 Å². The monoisotopic (exact) mass is 412 g/mol. The molecule has 1 N–H and O–H groups in total. The molecular formula is C26H28N4O. The number of aryl methyl sites for hydroxylation is 5. The number of pyridine rings is 1. The Morgan fingerprint density at radius 3 is 2.42 bits per heavy atom. The summed E-state index contributed by atoms with van der Waals surface area (Å²) in [5.74, 6) is 0.0163. The highest BCUT2D eigenvalue weighted by molar-refractivity contribution is 5.92. The van der Waals surface area contributed by atoms with E-state index in [1.165, 1.54) is 5.56 Å². The Morgan fingerprint density at radius 2 is 1.71 bits per heavy atom. The summed E-state index contributed by atoms with van der Waals surface area (Å²) < 4.78 is 1.90. The molecule has 0 fully saturated rings. The maximum absolute atomic E-state index is 12.6. The Labute approximate surface area is 183 Å². The summed E-state index contributed by atoms with van der Waals surface area (Å²) in [4.78, 5) is 17.5. The van der Waals surface area contributed by atoms with Gasteiger partial charge in [-0.05, 0) is 75.9 Å². The number of para-hydroxylation sites is 1. The van der Waals surface area contributed by atoms with Crippen molar-refractivity contribution in [1.82, 2.24) is 14.8 Å². The Hall–Kier alpha value is -3.47. The largest absolute Gasteiger partial charge is 0.326 e. The van der Waals surface area contributed by atoms with E-state index < -0.39 is 0 Å². The quantitative estimate of drug-likeness (QED) is 0.469. The van der Waals surface area contributed by atoms with E-state index in [1.807, 2.05) is 67.9 Å². The van der Waals surface area contributed by atoms with E-state index >= 15 is 0 Å². The van der Waals surface area contributed by atoms with Crippen LogP contribution in [0.15, 0.2) is 48.5 Å². The summed E-state index contributed by atoms with van der Waals surface area (Å²) in [5, 5.41) is 8.86. The molecule has 5 heteroatoms. The number of aromatic nitrogens is 3. The van der Waals surface area contributed by atoms with Crippen LogP contribution >= 0.6 is 0 Å². The van der Waals surface area contributed by atoms with Gasteiger partial charge in [-0.1, -0.05) is 35.9 Å². The van der Waals surface area contributed by atoms with Crippen molar-refractivity contribution in [1.29, 1.82) is 0 Å². The predicted octanol–water partition coefficient (Wildman–Crippen LogP) is 5.53. The lowest BCUT2D eigenvalue weighted by Crippen LogP contribution is -2.14. The molecule has 0 aliphatic heterocycles. The van der Waals surface area contributed by atoms with E-state index in [9.17, 15) is 4.79 Å². The standard InChI is InChI=1S/C26H28N4O/c1-16-11-13-23(17(2)15-16)28-24(31)14-12-22-18(3)25-20(5)29-30(26(25)27-19(22)4)21-9-7-6-8-10-21/h6-11,13,15H,12,14H2,1-5H3,(H,28,31). The number of carbonyl (C=O) groups excluding carboxylic acids is 1. The Morgan fingerprint density at radius 1 is 0.968 bits per heavy atom. The molecule has 1 amide bonds. The molecule has 4 rings (SSSR count). The molecule has 2 aromatic carbocycles.